The van der Waals surface area contributed by atoms with Crippen LogP contribution in [0.5, 0.6) is 0 Å². The number of carbonyl (C=O) groups excluding carboxylic acids is 1. The number of ether oxygens (including phenoxy) is 1. The highest BCUT2D eigenvalue weighted by molar-refractivity contribution is 6.74. The minimum Gasteiger partial charge on any atom is -0.444 e. The normalized spacial score (nSPS) is 25.6. The second kappa shape index (κ2) is 8.12. The van der Waals surface area contributed by atoms with E-state index in [2.05, 4.69) is 46.0 Å². The Morgan fingerprint density at radius 3 is 2.37 bits per heavy atom. The molecular weight excluding hydrogens is 390 g/mol. The molecule has 0 unspecified atom stereocenters. The molecule has 1 atom stereocenters. The minimum absolute atomic E-state index is 0.0548. The van der Waals surface area contributed by atoms with E-state index in [0.29, 0.717) is 18.6 Å². The van der Waals surface area contributed by atoms with Gasteiger partial charge in [-0.2, -0.15) is 0 Å². The number of likely N-dealkylation sites (tertiary alicyclic amines) is 1. The third-order valence-corrected chi connectivity index (χ3v) is 12.0. The predicted molar refractivity (Wildman–Crippen MR) is 126 cm³/mol. The molecule has 1 amide bonds. The Morgan fingerprint density at radius 2 is 1.87 bits per heavy atom. The average molecular weight is 434 g/mol. The first kappa shape index (κ1) is 23.6. The molecule has 2 fully saturated rings. The number of rotatable bonds is 4. The van der Waals surface area contributed by atoms with Gasteiger partial charge in [0.2, 0.25) is 0 Å². The van der Waals surface area contributed by atoms with E-state index in [-0.39, 0.29) is 17.2 Å². The lowest BCUT2D eigenvalue weighted by Gasteiger charge is -2.38. The van der Waals surface area contributed by atoms with Crippen LogP contribution >= 0.6 is 0 Å². The molecule has 0 N–H and O–H groups in total. The molecule has 0 aromatic heterocycles. The van der Waals surface area contributed by atoms with Crippen molar-refractivity contribution < 1.29 is 14.0 Å². The van der Waals surface area contributed by atoms with Crippen LogP contribution in [0.4, 0.5) is 4.79 Å². The molecule has 0 radical (unpaired) electrons. The molecule has 0 aromatic carbocycles. The Hall–Kier alpha value is -1.07. The van der Waals surface area contributed by atoms with Crippen molar-refractivity contribution in [3.05, 3.63) is 23.3 Å². The van der Waals surface area contributed by atoms with E-state index in [1.807, 2.05) is 25.7 Å². The van der Waals surface area contributed by atoms with Crippen LogP contribution in [0.2, 0.25) is 18.1 Å². The largest absolute Gasteiger partial charge is 0.444 e. The molecule has 0 bridgehead atoms. The van der Waals surface area contributed by atoms with E-state index in [1.165, 1.54) is 43.3 Å². The minimum atomic E-state index is -1.87. The van der Waals surface area contributed by atoms with E-state index in [9.17, 15) is 4.79 Å². The van der Waals surface area contributed by atoms with Gasteiger partial charge in [-0.05, 0) is 88.4 Å². The molecule has 1 aliphatic heterocycles. The van der Waals surface area contributed by atoms with Crippen LogP contribution in [-0.2, 0) is 9.16 Å². The molecule has 170 valence electrons. The third kappa shape index (κ3) is 5.79. The lowest BCUT2D eigenvalue weighted by molar-refractivity contribution is 0.0184. The molecule has 0 aromatic rings. The highest BCUT2D eigenvalue weighted by Gasteiger charge is 2.43. The van der Waals surface area contributed by atoms with Crippen molar-refractivity contribution in [2.24, 2.45) is 5.41 Å². The SMILES string of the molecule is CC(C)(C)OC(=O)N1CC(=CC2=CCC3(CC2)CC3)C[C@H]1CO[Si](C)(C)C(C)(C)C. The quantitative estimate of drug-likeness (QED) is 0.456. The molecule has 1 heterocycles. The van der Waals surface area contributed by atoms with E-state index in [0.717, 1.165) is 6.42 Å². The summed E-state index contributed by atoms with van der Waals surface area (Å²) in [5.41, 5.74) is 2.96. The average Bonchev–Trinajstić information content (AvgIpc) is 3.22. The topological polar surface area (TPSA) is 38.8 Å². The summed E-state index contributed by atoms with van der Waals surface area (Å²) in [4.78, 5) is 14.8. The maximum absolute atomic E-state index is 12.9. The molecule has 1 saturated carbocycles. The number of nitrogens with zero attached hydrogens (tertiary/aromatic N) is 1. The lowest BCUT2D eigenvalue weighted by Crippen LogP contribution is -2.46. The first-order chi connectivity index (χ1) is 13.7. The summed E-state index contributed by atoms with van der Waals surface area (Å²) in [7, 11) is -1.87. The monoisotopic (exact) mass is 433 g/mol. The van der Waals surface area contributed by atoms with Crippen LogP contribution in [0.15, 0.2) is 23.3 Å². The van der Waals surface area contributed by atoms with Gasteiger partial charge in [0, 0.05) is 6.54 Å². The van der Waals surface area contributed by atoms with Gasteiger partial charge in [0.1, 0.15) is 5.60 Å². The van der Waals surface area contributed by atoms with Crippen LogP contribution < -0.4 is 0 Å². The summed E-state index contributed by atoms with van der Waals surface area (Å²) in [6.45, 7) is 18.4. The van der Waals surface area contributed by atoms with Crippen LogP contribution in [-0.4, -0.2) is 44.1 Å². The Labute approximate surface area is 185 Å². The Kier molecular flexibility index (Phi) is 6.39. The van der Waals surface area contributed by atoms with Gasteiger partial charge in [-0.25, -0.2) is 4.79 Å². The van der Waals surface area contributed by atoms with Crippen molar-refractivity contribution in [1.82, 2.24) is 4.90 Å². The molecule has 5 heteroatoms. The van der Waals surface area contributed by atoms with E-state index in [1.54, 1.807) is 0 Å². The van der Waals surface area contributed by atoms with Crippen molar-refractivity contribution in [1.29, 1.82) is 0 Å². The maximum Gasteiger partial charge on any atom is 0.410 e. The van der Waals surface area contributed by atoms with Gasteiger partial charge < -0.3 is 9.16 Å². The number of carbonyl (C=O) groups is 1. The number of allylic oxidation sites excluding steroid dienone is 3. The molecular formula is C25H43NO3Si. The molecule has 1 saturated heterocycles. The number of amides is 1. The van der Waals surface area contributed by atoms with Gasteiger partial charge >= 0.3 is 6.09 Å². The number of hydrogen-bond donors (Lipinski definition) is 0. The summed E-state index contributed by atoms with van der Waals surface area (Å²) in [5, 5.41) is 0.159. The summed E-state index contributed by atoms with van der Waals surface area (Å²) < 4.78 is 12.2. The van der Waals surface area contributed by atoms with Crippen molar-refractivity contribution in [3.63, 3.8) is 0 Å². The molecule has 2 aliphatic carbocycles. The van der Waals surface area contributed by atoms with E-state index in [4.69, 9.17) is 9.16 Å². The zero-order valence-corrected chi connectivity index (χ0v) is 21.6. The van der Waals surface area contributed by atoms with Gasteiger partial charge in [-0.3, -0.25) is 4.90 Å². The predicted octanol–water partition coefficient (Wildman–Crippen LogP) is 6.83. The molecule has 3 rings (SSSR count). The van der Waals surface area contributed by atoms with Gasteiger partial charge in [0.25, 0.3) is 0 Å². The Morgan fingerprint density at radius 1 is 1.20 bits per heavy atom. The third-order valence-electron chi connectivity index (χ3n) is 7.47. The van der Waals surface area contributed by atoms with Gasteiger partial charge in [-0.1, -0.05) is 38.5 Å². The van der Waals surface area contributed by atoms with Gasteiger partial charge in [0.05, 0.1) is 12.6 Å². The summed E-state index contributed by atoms with van der Waals surface area (Å²) in [6.07, 6.45) is 12.0. The Bertz CT molecular complexity index is 720. The number of hydrogen-bond acceptors (Lipinski definition) is 3. The summed E-state index contributed by atoms with van der Waals surface area (Å²) in [6, 6.07) is 0.0548. The Balaban J connectivity index is 1.71. The van der Waals surface area contributed by atoms with E-state index < -0.39 is 13.9 Å². The van der Waals surface area contributed by atoms with Crippen LogP contribution in [0.1, 0.15) is 80.1 Å². The van der Waals surface area contributed by atoms with E-state index >= 15 is 0 Å². The first-order valence-electron chi connectivity index (χ1n) is 11.7. The summed E-state index contributed by atoms with van der Waals surface area (Å²) in [5.74, 6) is 0. The smallest absolute Gasteiger partial charge is 0.410 e. The van der Waals surface area contributed by atoms with Crippen molar-refractivity contribution in [3.8, 4) is 0 Å². The maximum atomic E-state index is 12.9. The molecule has 4 nitrogen and oxygen atoms in total. The second-order valence-electron chi connectivity index (χ2n) is 12.3. The highest BCUT2D eigenvalue weighted by Crippen LogP contribution is 2.55. The molecule has 3 aliphatic rings. The van der Waals surface area contributed by atoms with Crippen molar-refractivity contribution >= 4 is 14.4 Å². The molecule has 30 heavy (non-hydrogen) atoms. The fraction of sp³-hybridized carbons (Fsp3) is 0.800. The van der Waals surface area contributed by atoms with Crippen LogP contribution in [0, 0.1) is 5.41 Å². The lowest BCUT2D eigenvalue weighted by atomic mass is 9.86. The van der Waals surface area contributed by atoms with Gasteiger partial charge in [-0.15, -0.1) is 0 Å². The highest BCUT2D eigenvalue weighted by atomic mass is 28.4. The fourth-order valence-corrected chi connectivity index (χ4v) is 5.16. The second-order valence-corrected chi connectivity index (χ2v) is 17.1. The summed E-state index contributed by atoms with van der Waals surface area (Å²) >= 11 is 0. The van der Waals surface area contributed by atoms with Crippen molar-refractivity contribution in [2.45, 2.75) is 110 Å². The van der Waals surface area contributed by atoms with Crippen LogP contribution in [0.25, 0.3) is 0 Å². The van der Waals surface area contributed by atoms with Crippen LogP contribution in [0.3, 0.4) is 0 Å². The van der Waals surface area contributed by atoms with Gasteiger partial charge in [0.15, 0.2) is 8.32 Å². The zero-order chi connectivity index (χ0) is 22.4. The van der Waals surface area contributed by atoms with Crippen molar-refractivity contribution in [2.75, 3.05) is 13.2 Å². The zero-order valence-electron chi connectivity index (χ0n) is 20.6. The molecule has 1 spiro atoms. The fourth-order valence-electron chi connectivity index (χ4n) is 4.12. The standard InChI is InChI=1S/C25H43NO3Si/c1-23(2,3)29-22(27)26-17-20(15-19-9-11-25(12-10-19)13-14-25)16-21(26)18-28-30(7,8)24(4,5)6/h9,15,21H,10-14,16-18H2,1-8H3/t21-/m0/s1. The first-order valence-corrected chi connectivity index (χ1v) is 14.6.